The van der Waals surface area contributed by atoms with Gasteiger partial charge in [-0.2, -0.15) is 11.8 Å². The van der Waals surface area contributed by atoms with Crippen LogP contribution in [-0.2, 0) is 10.8 Å². The zero-order valence-electron chi connectivity index (χ0n) is 18.3. The molecule has 0 radical (unpaired) electrons. The molecule has 1 N–H and O–H groups in total. The van der Waals surface area contributed by atoms with Gasteiger partial charge in [0.15, 0.2) is 0 Å². The predicted molar refractivity (Wildman–Crippen MR) is 138 cm³/mol. The lowest BCUT2D eigenvalue weighted by molar-refractivity contribution is 0.679. The Morgan fingerprint density at radius 3 is 2.00 bits per heavy atom. The van der Waals surface area contributed by atoms with Crippen LogP contribution >= 0.6 is 11.8 Å². The molecule has 0 heterocycles. The first-order valence-corrected chi connectivity index (χ1v) is 13.1. The largest absolute Gasteiger partial charge is 0.377 e. The second-order valence-electron chi connectivity index (χ2n) is 7.67. The van der Waals surface area contributed by atoms with Crippen molar-refractivity contribution in [1.29, 1.82) is 0 Å². The van der Waals surface area contributed by atoms with Crippen LogP contribution in [0.4, 0.5) is 5.69 Å². The topological polar surface area (TPSA) is 29.1 Å². The highest BCUT2D eigenvalue weighted by Gasteiger charge is 2.28. The van der Waals surface area contributed by atoms with Crippen LogP contribution in [-0.4, -0.2) is 10.5 Å². The highest BCUT2D eigenvalue weighted by Crippen LogP contribution is 2.43. The molecule has 0 spiro atoms. The van der Waals surface area contributed by atoms with Gasteiger partial charge >= 0.3 is 0 Å². The third-order valence-electron chi connectivity index (χ3n) is 5.47. The number of anilines is 1. The number of aryl methyl sites for hydroxylation is 1. The van der Waals surface area contributed by atoms with E-state index in [1.165, 1.54) is 5.56 Å². The number of benzene rings is 4. The third-order valence-corrected chi connectivity index (χ3v) is 7.98. The Labute approximate surface area is 197 Å². The summed E-state index contributed by atoms with van der Waals surface area (Å²) >= 11 is 1.78. The fraction of sp³-hybridized carbons (Fsp3) is 0.143. The van der Waals surface area contributed by atoms with Gasteiger partial charge in [-0.25, -0.2) is 4.21 Å². The molecule has 0 amide bonds. The monoisotopic (exact) mass is 457 g/mol. The van der Waals surface area contributed by atoms with E-state index in [0.29, 0.717) is 0 Å². The number of rotatable bonds is 8. The molecule has 2 nitrogen and oxygen atoms in total. The average molecular weight is 458 g/mol. The first-order chi connectivity index (χ1) is 15.7. The minimum atomic E-state index is -1.25. The summed E-state index contributed by atoms with van der Waals surface area (Å²) in [5.74, 6) is 0. The third kappa shape index (κ3) is 5.14. The number of hydrogen-bond donors (Lipinski definition) is 1. The molecule has 3 atom stereocenters. The van der Waals surface area contributed by atoms with Crippen molar-refractivity contribution in [3.05, 3.63) is 126 Å². The molecule has 4 aromatic carbocycles. The average Bonchev–Trinajstić information content (AvgIpc) is 2.85. The van der Waals surface area contributed by atoms with Crippen molar-refractivity contribution in [3.63, 3.8) is 0 Å². The summed E-state index contributed by atoms with van der Waals surface area (Å²) in [5, 5.41) is 3.81. The van der Waals surface area contributed by atoms with Crippen LogP contribution in [0, 0.1) is 6.92 Å². The number of nitrogens with one attached hydrogen (secondary N) is 1. The van der Waals surface area contributed by atoms with Gasteiger partial charge in [0.1, 0.15) is 0 Å². The summed E-state index contributed by atoms with van der Waals surface area (Å²) in [4.78, 5) is 1.70. The minimum absolute atomic E-state index is 0.0183. The zero-order chi connectivity index (χ0) is 22.3. The Kier molecular flexibility index (Phi) is 7.46. The highest BCUT2D eigenvalue weighted by atomic mass is 32.2. The molecule has 0 fully saturated rings. The van der Waals surface area contributed by atoms with Crippen LogP contribution < -0.4 is 5.32 Å². The Hall–Kier alpha value is -2.82. The van der Waals surface area contributed by atoms with Crippen molar-refractivity contribution in [2.75, 3.05) is 11.6 Å². The van der Waals surface area contributed by atoms with Crippen LogP contribution in [0.15, 0.2) is 119 Å². The molecule has 162 valence electrons. The van der Waals surface area contributed by atoms with Gasteiger partial charge in [-0.3, -0.25) is 0 Å². The summed E-state index contributed by atoms with van der Waals surface area (Å²) < 4.78 is 13.6. The van der Waals surface area contributed by atoms with Gasteiger partial charge in [0, 0.05) is 15.5 Å². The highest BCUT2D eigenvalue weighted by molar-refractivity contribution is 7.98. The smallest absolute Gasteiger partial charge is 0.0852 e. The van der Waals surface area contributed by atoms with E-state index in [1.54, 1.807) is 11.8 Å². The molecule has 1 unspecified atom stereocenters. The molecule has 4 heteroatoms. The van der Waals surface area contributed by atoms with Crippen LogP contribution in [0.25, 0.3) is 0 Å². The van der Waals surface area contributed by atoms with E-state index in [1.807, 2.05) is 73.7 Å². The maximum atomic E-state index is 13.6. The maximum absolute atomic E-state index is 13.6. The van der Waals surface area contributed by atoms with Gasteiger partial charge < -0.3 is 5.32 Å². The lowest BCUT2D eigenvalue weighted by Crippen LogP contribution is -2.19. The van der Waals surface area contributed by atoms with Crippen molar-refractivity contribution in [1.82, 2.24) is 0 Å². The molecule has 4 rings (SSSR count). The molecular weight excluding hydrogens is 430 g/mol. The second-order valence-corrected chi connectivity index (χ2v) is 10.1. The molecule has 0 aliphatic heterocycles. The van der Waals surface area contributed by atoms with Crippen molar-refractivity contribution in [2.24, 2.45) is 0 Å². The Morgan fingerprint density at radius 1 is 0.750 bits per heavy atom. The summed E-state index contributed by atoms with van der Waals surface area (Å²) in [6, 6.07) is 36.9. The number of hydrogen-bond acceptors (Lipinski definition) is 3. The Morgan fingerprint density at radius 2 is 1.34 bits per heavy atom. The van der Waals surface area contributed by atoms with Crippen molar-refractivity contribution >= 4 is 28.2 Å². The van der Waals surface area contributed by atoms with Crippen molar-refractivity contribution in [3.8, 4) is 0 Å². The van der Waals surface area contributed by atoms with Crippen molar-refractivity contribution < 1.29 is 4.21 Å². The molecule has 4 aromatic rings. The molecule has 0 saturated heterocycles. The van der Waals surface area contributed by atoms with E-state index >= 15 is 0 Å². The fourth-order valence-corrected chi connectivity index (χ4v) is 6.10. The molecule has 0 bridgehead atoms. The Bertz CT molecular complexity index is 1160. The van der Waals surface area contributed by atoms with E-state index in [2.05, 4.69) is 54.0 Å². The fourth-order valence-electron chi connectivity index (χ4n) is 3.82. The van der Waals surface area contributed by atoms with E-state index in [-0.39, 0.29) is 11.3 Å². The second kappa shape index (κ2) is 10.7. The standard InChI is InChI=1S/C28H27NOS2/c1-21-17-19-24(20-18-21)32(30)26-16-10-9-15-25(26)28(31-2)27(22-11-5-3-6-12-22)29-23-13-7-4-8-14-23/h3-20,27-29H,1-2H3/t27-,28-,32?/m0/s1. The quantitative estimate of drug-likeness (QED) is 0.298. The minimum Gasteiger partial charge on any atom is -0.377 e. The van der Waals surface area contributed by atoms with Gasteiger partial charge in [-0.05, 0) is 54.6 Å². The molecule has 32 heavy (non-hydrogen) atoms. The summed E-state index contributed by atoms with van der Waals surface area (Å²) in [6.45, 7) is 2.05. The zero-order valence-corrected chi connectivity index (χ0v) is 19.9. The first-order valence-electron chi connectivity index (χ1n) is 10.6. The summed E-state index contributed by atoms with van der Waals surface area (Å²) in [5.41, 5.74) is 4.53. The molecule has 0 aromatic heterocycles. The van der Waals surface area contributed by atoms with Gasteiger partial charge in [-0.15, -0.1) is 0 Å². The lowest BCUT2D eigenvalue weighted by atomic mass is 9.97. The van der Waals surface area contributed by atoms with Crippen LogP contribution in [0.1, 0.15) is 28.0 Å². The summed E-state index contributed by atoms with van der Waals surface area (Å²) in [7, 11) is -1.25. The normalized spacial score (nSPS) is 13.8. The lowest BCUT2D eigenvalue weighted by Gasteiger charge is -2.30. The van der Waals surface area contributed by atoms with Gasteiger partial charge in [0.25, 0.3) is 0 Å². The number of thioether (sulfide) groups is 1. The predicted octanol–water partition coefficient (Wildman–Crippen LogP) is 7.42. The number of para-hydroxylation sites is 1. The maximum Gasteiger partial charge on any atom is 0.0852 e. The molecule has 0 aliphatic carbocycles. The molecule has 0 saturated carbocycles. The van der Waals surface area contributed by atoms with Crippen LogP contribution in [0.3, 0.4) is 0 Å². The van der Waals surface area contributed by atoms with E-state index in [0.717, 1.165) is 26.6 Å². The van der Waals surface area contributed by atoms with Crippen LogP contribution in [0.5, 0.6) is 0 Å². The summed E-state index contributed by atoms with van der Waals surface area (Å²) in [6.07, 6.45) is 2.12. The van der Waals surface area contributed by atoms with Gasteiger partial charge in [0.2, 0.25) is 0 Å². The Balaban J connectivity index is 1.77. The van der Waals surface area contributed by atoms with E-state index in [9.17, 15) is 4.21 Å². The van der Waals surface area contributed by atoms with E-state index < -0.39 is 10.8 Å². The first kappa shape index (κ1) is 22.4. The molecule has 0 aliphatic rings. The van der Waals surface area contributed by atoms with Gasteiger partial charge in [0.05, 0.1) is 22.1 Å². The van der Waals surface area contributed by atoms with Crippen LogP contribution in [0.2, 0.25) is 0 Å². The van der Waals surface area contributed by atoms with E-state index in [4.69, 9.17) is 0 Å². The van der Waals surface area contributed by atoms with Crippen molar-refractivity contribution in [2.45, 2.75) is 28.0 Å². The van der Waals surface area contributed by atoms with Gasteiger partial charge in [-0.1, -0.05) is 84.4 Å². The molecular formula is C28H27NOS2. The SMILES string of the molecule is CS[C@@H](c1ccccc1S(=O)c1ccc(C)cc1)[C@@H](Nc1ccccc1)c1ccccc1.